The summed E-state index contributed by atoms with van der Waals surface area (Å²) in [6.07, 6.45) is 0.678. The van der Waals surface area contributed by atoms with Gasteiger partial charge in [0.15, 0.2) is 0 Å². The van der Waals surface area contributed by atoms with E-state index >= 15 is 0 Å². The lowest BCUT2D eigenvalue weighted by Gasteiger charge is -2.17. The van der Waals surface area contributed by atoms with Crippen LogP contribution in [0.3, 0.4) is 0 Å². The molecule has 1 atom stereocenters. The van der Waals surface area contributed by atoms with Gasteiger partial charge in [-0.1, -0.05) is 24.6 Å². The van der Waals surface area contributed by atoms with Crippen molar-refractivity contribution in [3.8, 4) is 5.75 Å². The third-order valence-corrected chi connectivity index (χ3v) is 5.58. The van der Waals surface area contributed by atoms with Crippen molar-refractivity contribution in [1.82, 2.24) is 0 Å². The third-order valence-electron chi connectivity index (χ3n) is 5.58. The van der Waals surface area contributed by atoms with Crippen molar-refractivity contribution in [2.75, 3.05) is 11.4 Å². The minimum Gasteiger partial charge on any atom is -0.508 e. The smallest absolute Gasteiger partial charge is 0.336 e. The average Bonchev–Trinajstić information content (AvgIpc) is 3.13. The van der Waals surface area contributed by atoms with Crippen LogP contribution in [0.25, 0.3) is 11.0 Å². The summed E-state index contributed by atoms with van der Waals surface area (Å²) in [7, 11) is 0. The quantitative estimate of drug-likeness (QED) is 0.501. The van der Waals surface area contributed by atoms with Crippen LogP contribution in [0, 0.1) is 12.8 Å². The SMILES string of the molecule is CCc1cc2c(COC(=O)[C@@H]3CC(=O)N(c4ccc(C)cc4)C3)cc(=O)oc2cc1O. The Morgan fingerprint density at radius 3 is 2.61 bits per heavy atom. The van der Waals surface area contributed by atoms with E-state index in [1.54, 1.807) is 11.0 Å². The lowest BCUT2D eigenvalue weighted by molar-refractivity contribution is -0.149. The highest BCUT2D eigenvalue weighted by atomic mass is 16.5. The number of rotatable bonds is 5. The Kier molecular flexibility index (Phi) is 5.50. The highest BCUT2D eigenvalue weighted by molar-refractivity contribution is 5.99. The number of ether oxygens (including phenoxy) is 1. The summed E-state index contributed by atoms with van der Waals surface area (Å²) in [6, 6.07) is 12.0. The number of phenols is 1. The fraction of sp³-hybridized carbons (Fsp3) is 0.292. The molecule has 0 unspecified atom stereocenters. The van der Waals surface area contributed by atoms with Crippen molar-refractivity contribution in [2.45, 2.75) is 33.3 Å². The molecule has 2 aromatic carbocycles. The normalized spacial score (nSPS) is 16.1. The fourth-order valence-electron chi connectivity index (χ4n) is 3.82. The second-order valence-corrected chi connectivity index (χ2v) is 7.77. The molecule has 0 radical (unpaired) electrons. The first kappa shape index (κ1) is 20.7. The van der Waals surface area contributed by atoms with Crippen LogP contribution in [0.5, 0.6) is 5.75 Å². The molecule has 4 rings (SSSR count). The van der Waals surface area contributed by atoms with Crippen molar-refractivity contribution in [3.05, 3.63) is 69.6 Å². The van der Waals surface area contributed by atoms with Gasteiger partial charge in [0.25, 0.3) is 0 Å². The number of anilines is 1. The number of esters is 1. The summed E-state index contributed by atoms with van der Waals surface area (Å²) in [4.78, 5) is 38.6. The van der Waals surface area contributed by atoms with E-state index < -0.39 is 17.5 Å². The molecule has 0 aliphatic carbocycles. The predicted octanol–water partition coefficient (Wildman–Crippen LogP) is 3.47. The molecule has 1 aromatic heterocycles. The third kappa shape index (κ3) is 4.17. The van der Waals surface area contributed by atoms with Crippen LogP contribution in [0.2, 0.25) is 0 Å². The molecule has 31 heavy (non-hydrogen) atoms. The van der Waals surface area contributed by atoms with Crippen LogP contribution in [0.15, 0.2) is 51.7 Å². The number of hydrogen-bond acceptors (Lipinski definition) is 6. The van der Waals surface area contributed by atoms with Crippen LogP contribution in [0.4, 0.5) is 5.69 Å². The van der Waals surface area contributed by atoms with Gasteiger partial charge in [0, 0.05) is 41.7 Å². The molecule has 1 aliphatic heterocycles. The Morgan fingerprint density at radius 2 is 1.90 bits per heavy atom. The van der Waals surface area contributed by atoms with Crippen molar-refractivity contribution in [2.24, 2.45) is 5.92 Å². The van der Waals surface area contributed by atoms with Crippen molar-refractivity contribution in [3.63, 3.8) is 0 Å². The van der Waals surface area contributed by atoms with Gasteiger partial charge in [-0.25, -0.2) is 4.79 Å². The number of fused-ring (bicyclic) bond motifs is 1. The number of carbonyl (C=O) groups is 2. The maximum absolute atomic E-state index is 12.7. The number of aromatic hydroxyl groups is 1. The van der Waals surface area contributed by atoms with Gasteiger partial charge in [0.1, 0.15) is 17.9 Å². The molecule has 3 aromatic rings. The number of hydrogen-bond donors (Lipinski definition) is 1. The van der Waals surface area contributed by atoms with Gasteiger partial charge in [-0.05, 0) is 37.1 Å². The van der Waals surface area contributed by atoms with E-state index in [-0.39, 0.29) is 36.8 Å². The highest BCUT2D eigenvalue weighted by Gasteiger charge is 2.36. The van der Waals surface area contributed by atoms with Gasteiger partial charge < -0.3 is 19.2 Å². The minimum atomic E-state index is -0.594. The molecule has 7 heteroatoms. The second kappa shape index (κ2) is 8.26. The zero-order valence-electron chi connectivity index (χ0n) is 17.4. The molecular weight excluding hydrogens is 398 g/mol. The molecule has 0 bridgehead atoms. The van der Waals surface area contributed by atoms with Gasteiger partial charge in [0.05, 0.1) is 5.92 Å². The first-order chi connectivity index (χ1) is 14.9. The van der Waals surface area contributed by atoms with E-state index in [1.807, 2.05) is 38.1 Å². The first-order valence-corrected chi connectivity index (χ1v) is 10.2. The maximum atomic E-state index is 12.7. The van der Waals surface area contributed by atoms with Crippen LogP contribution < -0.4 is 10.5 Å². The van der Waals surface area contributed by atoms with Crippen LogP contribution in [0.1, 0.15) is 30.0 Å². The van der Waals surface area contributed by atoms with Crippen molar-refractivity contribution < 1.29 is 23.8 Å². The monoisotopic (exact) mass is 421 g/mol. The van der Waals surface area contributed by atoms with E-state index in [1.165, 1.54) is 12.1 Å². The Morgan fingerprint density at radius 1 is 1.16 bits per heavy atom. The molecule has 160 valence electrons. The number of nitrogens with zero attached hydrogens (tertiary/aromatic N) is 1. The Hall–Kier alpha value is -3.61. The van der Waals surface area contributed by atoms with Crippen molar-refractivity contribution >= 4 is 28.5 Å². The van der Waals surface area contributed by atoms with E-state index in [4.69, 9.17) is 9.15 Å². The maximum Gasteiger partial charge on any atom is 0.336 e. The largest absolute Gasteiger partial charge is 0.508 e. The molecule has 0 spiro atoms. The molecule has 1 fully saturated rings. The minimum absolute atomic E-state index is 0.0490. The van der Waals surface area contributed by atoms with E-state index in [0.29, 0.717) is 22.9 Å². The zero-order chi connectivity index (χ0) is 22.1. The Balaban J connectivity index is 1.50. The first-order valence-electron chi connectivity index (χ1n) is 10.2. The topological polar surface area (TPSA) is 97.1 Å². The number of aryl methyl sites for hydroxylation is 2. The summed E-state index contributed by atoms with van der Waals surface area (Å²) < 4.78 is 10.6. The van der Waals surface area contributed by atoms with Gasteiger partial charge in [-0.3, -0.25) is 9.59 Å². The van der Waals surface area contributed by atoms with Gasteiger partial charge in [-0.15, -0.1) is 0 Å². The molecule has 1 amide bonds. The van der Waals surface area contributed by atoms with E-state index in [2.05, 4.69) is 0 Å². The van der Waals surface area contributed by atoms with Crippen LogP contribution in [-0.4, -0.2) is 23.5 Å². The van der Waals surface area contributed by atoms with Crippen LogP contribution in [-0.2, 0) is 27.4 Å². The molecule has 7 nitrogen and oxygen atoms in total. The van der Waals surface area contributed by atoms with E-state index in [9.17, 15) is 19.5 Å². The van der Waals surface area contributed by atoms with Gasteiger partial charge in [0.2, 0.25) is 5.91 Å². The van der Waals surface area contributed by atoms with Gasteiger partial charge in [-0.2, -0.15) is 0 Å². The van der Waals surface area contributed by atoms with E-state index in [0.717, 1.165) is 11.3 Å². The fourth-order valence-corrected chi connectivity index (χ4v) is 3.82. The summed E-state index contributed by atoms with van der Waals surface area (Å²) in [5, 5.41) is 10.6. The average molecular weight is 421 g/mol. The summed E-state index contributed by atoms with van der Waals surface area (Å²) >= 11 is 0. The predicted molar refractivity (Wildman–Crippen MR) is 115 cm³/mol. The zero-order valence-corrected chi connectivity index (χ0v) is 17.4. The number of carbonyl (C=O) groups excluding carboxylic acids is 2. The highest BCUT2D eigenvalue weighted by Crippen LogP contribution is 2.29. The van der Waals surface area contributed by atoms with Crippen LogP contribution >= 0.6 is 0 Å². The van der Waals surface area contributed by atoms with Gasteiger partial charge >= 0.3 is 11.6 Å². The molecule has 1 aliphatic rings. The lowest BCUT2D eigenvalue weighted by atomic mass is 10.0. The molecule has 0 saturated carbocycles. The number of benzene rings is 2. The molecular formula is C24H23NO6. The summed E-state index contributed by atoms with van der Waals surface area (Å²) in [6.45, 7) is 4.00. The second-order valence-electron chi connectivity index (χ2n) is 7.77. The number of amides is 1. The molecule has 1 saturated heterocycles. The molecule has 2 heterocycles. The molecule has 1 N–H and O–H groups in total. The Bertz CT molecular complexity index is 1210. The number of phenolic OH excluding ortho intramolecular Hbond substituents is 1. The Labute approximate surface area is 178 Å². The lowest BCUT2D eigenvalue weighted by Crippen LogP contribution is -2.26. The summed E-state index contributed by atoms with van der Waals surface area (Å²) in [5.74, 6) is -1.14. The van der Waals surface area contributed by atoms with Crippen molar-refractivity contribution in [1.29, 1.82) is 0 Å². The summed E-state index contributed by atoms with van der Waals surface area (Å²) in [5.41, 5.74) is 2.67. The standard InChI is InChI=1S/C24H23NO6/c1-3-15-8-19-17(10-23(28)31-21(19)11-20(15)26)13-30-24(29)16-9-22(27)25(12-16)18-6-4-14(2)5-7-18/h4-8,10-11,16,26H,3,9,12-13H2,1-2H3/t16-/m1/s1.